The van der Waals surface area contributed by atoms with E-state index in [4.69, 9.17) is 0 Å². The zero-order chi connectivity index (χ0) is 15.5. The summed E-state index contributed by atoms with van der Waals surface area (Å²) in [6.45, 7) is 0. The van der Waals surface area contributed by atoms with E-state index in [1.165, 1.54) is 13.4 Å². The molecule has 1 aromatic carbocycles. The molecule has 1 aliphatic rings. The fourth-order valence-corrected chi connectivity index (χ4v) is 3.81. The van der Waals surface area contributed by atoms with E-state index in [-0.39, 0.29) is 18.3 Å². The summed E-state index contributed by atoms with van der Waals surface area (Å²) in [5.41, 5.74) is 1.80. The van der Waals surface area contributed by atoms with Gasteiger partial charge in [0.1, 0.15) is 0 Å². The van der Waals surface area contributed by atoms with E-state index in [1.807, 2.05) is 6.07 Å². The third-order valence-electron chi connectivity index (χ3n) is 3.80. The topological polar surface area (TPSA) is 60.4 Å². The first kappa shape index (κ1) is 15.8. The summed E-state index contributed by atoms with van der Waals surface area (Å²) >= 11 is 0. The highest BCUT2D eigenvalue weighted by Gasteiger charge is 2.24. The summed E-state index contributed by atoms with van der Waals surface area (Å²) in [6.07, 6.45) is 7.84. The highest BCUT2D eigenvalue weighted by atomic mass is 32.2. The molecule has 0 amide bonds. The number of rotatable bonds is 5. The predicted molar refractivity (Wildman–Crippen MR) is 81.0 cm³/mol. The highest BCUT2D eigenvalue weighted by Crippen LogP contribution is 2.36. The van der Waals surface area contributed by atoms with Gasteiger partial charge in [-0.2, -0.15) is 0 Å². The smallest absolute Gasteiger partial charge is 0.305 e. The number of carbonyl (C=O) groups is 1. The maximum Gasteiger partial charge on any atom is 0.305 e. The third kappa shape index (κ3) is 3.73. The van der Waals surface area contributed by atoms with Gasteiger partial charge in [-0.25, -0.2) is 8.42 Å². The van der Waals surface area contributed by atoms with Gasteiger partial charge in [-0.1, -0.05) is 24.3 Å². The van der Waals surface area contributed by atoms with E-state index in [1.54, 1.807) is 12.1 Å². The number of hydrogen-bond acceptors (Lipinski definition) is 4. The molecular weight excluding hydrogens is 288 g/mol. The van der Waals surface area contributed by atoms with Crippen molar-refractivity contribution in [2.45, 2.75) is 36.5 Å². The maximum absolute atomic E-state index is 12.0. The van der Waals surface area contributed by atoms with Crippen LogP contribution < -0.4 is 0 Å². The number of sulfone groups is 1. The monoisotopic (exact) mass is 308 g/mol. The molecule has 0 unspecified atom stereocenters. The van der Waals surface area contributed by atoms with Crippen molar-refractivity contribution in [2.24, 2.45) is 0 Å². The third-order valence-corrected chi connectivity index (χ3v) is 4.95. The van der Waals surface area contributed by atoms with Crippen molar-refractivity contribution in [1.82, 2.24) is 0 Å². The Kier molecular flexibility index (Phi) is 4.83. The van der Waals surface area contributed by atoms with Crippen molar-refractivity contribution in [1.29, 1.82) is 0 Å². The van der Waals surface area contributed by atoms with E-state index < -0.39 is 9.84 Å². The van der Waals surface area contributed by atoms with Crippen LogP contribution in [0.1, 0.15) is 36.3 Å². The molecule has 0 aliphatic heterocycles. The van der Waals surface area contributed by atoms with Gasteiger partial charge >= 0.3 is 5.97 Å². The number of ether oxygens (including phenoxy) is 1. The Balaban J connectivity index is 2.41. The van der Waals surface area contributed by atoms with Gasteiger partial charge < -0.3 is 4.74 Å². The molecule has 0 aromatic heterocycles. The molecule has 2 rings (SSSR count). The van der Waals surface area contributed by atoms with Gasteiger partial charge in [-0.05, 0) is 42.4 Å². The minimum absolute atomic E-state index is 0.184. The number of benzene rings is 1. The van der Waals surface area contributed by atoms with E-state index in [2.05, 4.69) is 16.9 Å². The minimum Gasteiger partial charge on any atom is -0.469 e. The first-order valence-corrected chi connectivity index (χ1v) is 8.86. The number of aryl methyl sites for hydroxylation is 1. The first-order valence-electron chi connectivity index (χ1n) is 6.97. The zero-order valence-electron chi connectivity index (χ0n) is 12.3. The van der Waals surface area contributed by atoms with Crippen molar-refractivity contribution in [3.63, 3.8) is 0 Å². The molecule has 0 N–H and O–H groups in total. The number of hydrogen-bond donors (Lipinski definition) is 0. The Morgan fingerprint density at radius 2 is 1.95 bits per heavy atom. The van der Waals surface area contributed by atoms with Crippen molar-refractivity contribution in [3.05, 3.63) is 41.5 Å². The average molecular weight is 308 g/mol. The zero-order valence-corrected chi connectivity index (χ0v) is 13.2. The predicted octanol–water partition coefficient (Wildman–Crippen LogP) is 2.63. The molecule has 0 radical (unpaired) electrons. The van der Waals surface area contributed by atoms with Crippen LogP contribution in [0.4, 0.5) is 0 Å². The lowest BCUT2D eigenvalue weighted by Crippen LogP contribution is -2.11. The van der Waals surface area contributed by atoms with Gasteiger partial charge in [0.25, 0.3) is 0 Å². The molecule has 5 heteroatoms. The van der Waals surface area contributed by atoms with E-state index in [0.29, 0.717) is 11.3 Å². The number of carbonyl (C=O) groups excluding carboxylic acids is 1. The number of allylic oxidation sites excluding steroid dienone is 2. The van der Waals surface area contributed by atoms with Crippen molar-refractivity contribution in [2.75, 3.05) is 13.4 Å². The molecule has 1 aromatic rings. The van der Waals surface area contributed by atoms with E-state index in [0.717, 1.165) is 24.0 Å². The van der Waals surface area contributed by atoms with Crippen LogP contribution in [0.2, 0.25) is 0 Å². The molecule has 1 aliphatic carbocycles. The van der Waals surface area contributed by atoms with Crippen molar-refractivity contribution >= 4 is 15.8 Å². The Morgan fingerprint density at radius 3 is 2.52 bits per heavy atom. The lowest BCUT2D eigenvalue weighted by molar-refractivity contribution is -0.140. The lowest BCUT2D eigenvalue weighted by Gasteiger charge is -2.19. The van der Waals surface area contributed by atoms with Gasteiger partial charge in [0.2, 0.25) is 0 Å². The number of methoxy groups -OCH3 is 1. The van der Waals surface area contributed by atoms with Crippen LogP contribution in [0.5, 0.6) is 0 Å². The molecule has 0 saturated carbocycles. The van der Waals surface area contributed by atoms with Crippen LogP contribution in [-0.4, -0.2) is 27.8 Å². The normalized spacial score (nSPS) is 15.3. The quantitative estimate of drug-likeness (QED) is 0.620. The average Bonchev–Trinajstić information content (AvgIpc) is 2.97. The Bertz CT molecular complexity index is 651. The largest absolute Gasteiger partial charge is 0.469 e. The molecule has 0 saturated heterocycles. The second-order valence-electron chi connectivity index (χ2n) is 5.32. The van der Waals surface area contributed by atoms with Gasteiger partial charge in [0.05, 0.1) is 12.0 Å². The summed E-state index contributed by atoms with van der Waals surface area (Å²) in [5, 5.41) is 0. The second-order valence-corrected chi connectivity index (χ2v) is 7.30. The summed E-state index contributed by atoms with van der Waals surface area (Å²) < 4.78 is 28.8. The second kappa shape index (κ2) is 6.43. The molecule has 114 valence electrons. The van der Waals surface area contributed by atoms with Gasteiger partial charge in [-0.15, -0.1) is 0 Å². The summed E-state index contributed by atoms with van der Waals surface area (Å²) in [5.74, 6) is -0.0983. The maximum atomic E-state index is 12.0. The molecule has 0 atom stereocenters. The molecule has 0 fully saturated rings. The van der Waals surface area contributed by atoms with Crippen LogP contribution in [0.3, 0.4) is 0 Å². The van der Waals surface area contributed by atoms with Gasteiger partial charge in [-0.3, -0.25) is 4.79 Å². The Morgan fingerprint density at radius 1 is 1.29 bits per heavy atom. The molecule has 4 nitrogen and oxygen atoms in total. The van der Waals surface area contributed by atoms with Crippen molar-refractivity contribution in [3.8, 4) is 0 Å². The highest BCUT2D eigenvalue weighted by molar-refractivity contribution is 7.90. The molecule has 21 heavy (non-hydrogen) atoms. The van der Waals surface area contributed by atoms with E-state index in [9.17, 15) is 13.2 Å². The molecule has 0 bridgehead atoms. The molecule has 0 spiro atoms. The van der Waals surface area contributed by atoms with Crippen LogP contribution >= 0.6 is 0 Å². The van der Waals surface area contributed by atoms with Crippen LogP contribution in [0, 0.1) is 0 Å². The summed E-state index contributed by atoms with van der Waals surface area (Å²) in [4.78, 5) is 11.7. The lowest BCUT2D eigenvalue weighted by atomic mass is 9.90. The minimum atomic E-state index is -3.28. The first-order chi connectivity index (χ1) is 9.93. The standard InChI is InChI=1S/C16H20O4S/c1-20-15(17)11-10-13-8-5-9-14(21(2,18)19)16(13)12-6-3-4-7-12/h3-5,8-9,12H,6-7,10-11H2,1-2H3. The Hall–Kier alpha value is -1.62. The van der Waals surface area contributed by atoms with Gasteiger partial charge in [0.15, 0.2) is 9.84 Å². The fraction of sp³-hybridized carbons (Fsp3) is 0.438. The van der Waals surface area contributed by atoms with Crippen LogP contribution in [0.25, 0.3) is 0 Å². The van der Waals surface area contributed by atoms with Crippen LogP contribution in [-0.2, 0) is 25.8 Å². The fourth-order valence-electron chi connectivity index (χ4n) is 2.79. The summed E-state index contributed by atoms with van der Waals surface area (Å²) in [7, 11) is -1.92. The van der Waals surface area contributed by atoms with E-state index >= 15 is 0 Å². The van der Waals surface area contributed by atoms with Crippen molar-refractivity contribution < 1.29 is 17.9 Å². The SMILES string of the molecule is COC(=O)CCc1cccc(S(C)(=O)=O)c1C1CC=CC1. The summed E-state index contributed by atoms with van der Waals surface area (Å²) in [6, 6.07) is 5.31. The Labute approximate surface area is 125 Å². The van der Waals surface area contributed by atoms with Gasteiger partial charge in [0, 0.05) is 12.7 Å². The van der Waals surface area contributed by atoms with Crippen LogP contribution in [0.15, 0.2) is 35.2 Å². The molecular formula is C16H20O4S. The number of esters is 1. The molecule has 0 heterocycles.